The highest BCUT2D eigenvalue weighted by atomic mass is 16.1. The second-order valence-electron chi connectivity index (χ2n) is 6.38. The van der Waals surface area contributed by atoms with E-state index in [1.807, 2.05) is 6.07 Å². The molecule has 1 aromatic rings. The van der Waals surface area contributed by atoms with Gasteiger partial charge in [0.2, 0.25) is 0 Å². The first-order valence-corrected chi connectivity index (χ1v) is 7.56. The van der Waals surface area contributed by atoms with E-state index >= 15 is 0 Å². The van der Waals surface area contributed by atoms with Crippen molar-refractivity contribution in [2.24, 2.45) is 17.8 Å². The lowest BCUT2D eigenvalue weighted by Gasteiger charge is -2.31. The molecule has 0 spiro atoms. The summed E-state index contributed by atoms with van der Waals surface area (Å²) in [6, 6.07) is 6.21. The molecule has 1 aliphatic carbocycles. The van der Waals surface area contributed by atoms with Gasteiger partial charge in [0.25, 0.3) is 0 Å². The first kappa shape index (κ1) is 12.7. The first-order chi connectivity index (χ1) is 9.15. The topological polar surface area (TPSA) is 29.1 Å². The predicted octanol–water partition coefficient (Wildman–Crippen LogP) is 3.91. The Kier molecular flexibility index (Phi) is 3.34. The minimum absolute atomic E-state index is 0.241. The van der Waals surface area contributed by atoms with Crippen molar-refractivity contribution in [3.8, 4) is 0 Å². The number of fused-ring (bicyclic) bond motifs is 1. The molecular weight excluding hydrogens is 234 g/mol. The average molecular weight is 257 g/mol. The van der Waals surface area contributed by atoms with Gasteiger partial charge in [0, 0.05) is 23.7 Å². The monoisotopic (exact) mass is 257 g/mol. The summed E-state index contributed by atoms with van der Waals surface area (Å²) in [5, 5.41) is 3.36. The summed E-state index contributed by atoms with van der Waals surface area (Å²) in [5.74, 6) is 2.04. The number of ketones is 1. The smallest absolute Gasteiger partial charge is 0.166 e. The second kappa shape index (κ2) is 4.99. The summed E-state index contributed by atoms with van der Waals surface area (Å²) >= 11 is 0. The maximum absolute atomic E-state index is 12.6. The number of anilines is 1. The van der Waals surface area contributed by atoms with Gasteiger partial charge in [-0.1, -0.05) is 26.0 Å². The summed E-state index contributed by atoms with van der Waals surface area (Å²) in [6.45, 7) is 5.60. The molecular formula is C17H23NO. The van der Waals surface area contributed by atoms with E-state index in [1.165, 1.54) is 17.7 Å². The number of Topliss-reactive ketones (excluding diaryl/α,β-unsaturated/α-hetero) is 1. The van der Waals surface area contributed by atoms with Crippen molar-refractivity contribution in [2.75, 3.05) is 11.9 Å². The maximum Gasteiger partial charge on any atom is 0.166 e. The Morgan fingerprint density at radius 3 is 2.84 bits per heavy atom. The van der Waals surface area contributed by atoms with Gasteiger partial charge in [-0.15, -0.1) is 0 Å². The van der Waals surface area contributed by atoms with E-state index in [2.05, 4.69) is 31.3 Å². The van der Waals surface area contributed by atoms with Crippen LogP contribution in [0.25, 0.3) is 0 Å². The lowest BCUT2D eigenvalue weighted by molar-refractivity contribution is 0.0837. The quantitative estimate of drug-likeness (QED) is 0.814. The number of benzene rings is 1. The van der Waals surface area contributed by atoms with Crippen LogP contribution >= 0.6 is 0 Å². The van der Waals surface area contributed by atoms with Crippen LogP contribution in [-0.4, -0.2) is 12.3 Å². The van der Waals surface area contributed by atoms with E-state index in [-0.39, 0.29) is 5.92 Å². The third-order valence-electron chi connectivity index (χ3n) is 5.07. The van der Waals surface area contributed by atoms with E-state index in [4.69, 9.17) is 0 Å². The van der Waals surface area contributed by atoms with Crippen molar-refractivity contribution in [1.29, 1.82) is 0 Å². The summed E-state index contributed by atoms with van der Waals surface area (Å²) in [6.07, 6.45) is 4.40. The number of hydrogen-bond acceptors (Lipinski definition) is 2. The molecule has 0 saturated heterocycles. The van der Waals surface area contributed by atoms with E-state index < -0.39 is 0 Å². The van der Waals surface area contributed by atoms with Crippen LogP contribution < -0.4 is 5.32 Å². The van der Waals surface area contributed by atoms with Gasteiger partial charge in [-0.05, 0) is 49.1 Å². The van der Waals surface area contributed by atoms with Crippen molar-refractivity contribution in [3.63, 3.8) is 0 Å². The number of hydrogen-bond donors (Lipinski definition) is 1. The van der Waals surface area contributed by atoms with Crippen LogP contribution in [0, 0.1) is 17.8 Å². The highest BCUT2D eigenvalue weighted by Crippen LogP contribution is 2.35. The van der Waals surface area contributed by atoms with Crippen LogP contribution in [0.3, 0.4) is 0 Å². The van der Waals surface area contributed by atoms with Crippen molar-refractivity contribution in [3.05, 3.63) is 29.3 Å². The Labute approximate surface area is 115 Å². The zero-order valence-electron chi connectivity index (χ0n) is 11.9. The zero-order chi connectivity index (χ0) is 13.4. The Morgan fingerprint density at radius 1 is 1.21 bits per heavy atom. The molecule has 1 fully saturated rings. The number of carbonyl (C=O) groups is 1. The summed E-state index contributed by atoms with van der Waals surface area (Å²) in [7, 11) is 0. The highest BCUT2D eigenvalue weighted by molar-refractivity contribution is 5.99. The molecule has 0 amide bonds. The summed E-state index contributed by atoms with van der Waals surface area (Å²) < 4.78 is 0. The second-order valence-corrected chi connectivity index (χ2v) is 6.38. The molecule has 2 heteroatoms. The highest BCUT2D eigenvalue weighted by Gasteiger charge is 2.30. The first-order valence-electron chi connectivity index (χ1n) is 7.56. The lowest BCUT2D eigenvalue weighted by atomic mass is 9.73. The van der Waals surface area contributed by atoms with Crippen LogP contribution in [0.2, 0.25) is 0 Å². The molecule has 1 heterocycles. The molecule has 1 N–H and O–H groups in total. The van der Waals surface area contributed by atoms with E-state index in [9.17, 15) is 4.79 Å². The van der Waals surface area contributed by atoms with E-state index in [0.29, 0.717) is 11.7 Å². The zero-order valence-corrected chi connectivity index (χ0v) is 11.9. The Morgan fingerprint density at radius 2 is 2.05 bits per heavy atom. The van der Waals surface area contributed by atoms with Crippen LogP contribution in [0.1, 0.15) is 49.0 Å². The largest absolute Gasteiger partial charge is 0.384 e. The van der Waals surface area contributed by atoms with Crippen molar-refractivity contribution >= 4 is 11.5 Å². The standard InChI is InChI=1S/C17H23NO/c1-11-3-4-14(9-12(11)2)17(19)15-6-5-13-7-8-18-16(13)10-15/h5-6,10-12,14,18H,3-4,7-9H2,1-2H3. The van der Waals surface area contributed by atoms with Crippen LogP contribution in [0.4, 0.5) is 5.69 Å². The molecule has 102 valence electrons. The van der Waals surface area contributed by atoms with Crippen LogP contribution in [-0.2, 0) is 6.42 Å². The van der Waals surface area contributed by atoms with Gasteiger partial charge < -0.3 is 5.32 Å². The van der Waals surface area contributed by atoms with Gasteiger partial charge in [0.05, 0.1) is 0 Å². The Hall–Kier alpha value is -1.31. The molecule has 3 unspecified atom stereocenters. The van der Waals surface area contributed by atoms with E-state index in [0.717, 1.165) is 37.3 Å². The maximum atomic E-state index is 12.6. The molecule has 0 aromatic heterocycles. The molecule has 0 radical (unpaired) electrons. The van der Waals surface area contributed by atoms with Gasteiger partial charge in [0.1, 0.15) is 0 Å². The Balaban J connectivity index is 1.77. The van der Waals surface area contributed by atoms with Crippen molar-refractivity contribution in [2.45, 2.75) is 39.5 Å². The molecule has 1 aliphatic heterocycles. The van der Waals surface area contributed by atoms with Gasteiger partial charge in [0.15, 0.2) is 5.78 Å². The number of rotatable bonds is 2. The van der Waals surface area contributed by atoms with Crippen molar-refractivity contribution in [1.82, 2.24) is 0 Å². The van der Waals surface area contributed by atoms with Crippen LogP contribution in [0.5, 0.6) is 0 Å². The van der Waals surface area contributed by atoms with Gasteiger partial charge in [-0.25, -0.2) is 0 Å². The van der Waals surface area contributed by atoms with Gasteiger partial charge in [-0.3, -0.25) is 4.79 Å². The fourth-order valence-corrected chi connectivity index (χ4v) is 3.47. The number of nitrogens with one attached hydrogen (secondary N) is 1. The molecule has 2 nitrogen and oxygen atoms in total. The molecule has 19 heavy (non-hydrogen) atoms. The summed E-state index contributed by atoms with van der Waals surface area (Å²) in [4.78, 5) is 12.6. The minimum atomic E-state index is 0.241. The fraction of sp³-hybridized carbons (Fsp3) is 0.588. The molecule has 1 saturated carbocycles. The molecule has 0 bridgehead atoms. The van der Waals surface area contributed by atoms with Gasteiger partial charge >= 0.3 is 0 Å². The lowest BCUT2D eigenvalue weighted by Crippen LogP contribution is -2.26. The molecule has 1 aromatic carbocycles. The Bertz CT molecular complexity index is 494. The minimum Gasteiger partial charge on any atom is -0.384 e. The normalized spacial score (nSPS) is 29.7. The van der Waals surface area contributed by atoms with Crippen molar-refractivity contribution < 1.29 is 4.79 Å². The third kappa shape index (κ3) is 2.41. The number of carbonyl (C=O) groups excluding carboxylic acids is 1. The third-order valence-corrected chi connectivity index (χ3v) is 5.07. The predicted molar refractivity (Wildman–Crippen MR) is 78.6 cm³/mol. The fourth-order valence-electron chi connectivity index (χ4n) is 3.47. The van der Waals surface area contributed by atoms with E-state index in [1.54, 1.807) is 0 Å². The summed E-state index contributed by atoms with van der Waals surface area (Å²) in [5.41, 5.74) is 3.42. The SMILES string of the molecule is CC1CCC(C(=O)c2ccc3c(c2)NCC3)CC1C. The molecule has 3 atom stereocenters. The average Bonchev–Trinajstić information content (AvgIpc) is 2.88. The van der Waals surface area contributed by atoms with Crippen LogP contribution in [0.15, 0.2) is 18.2 Å². The molecule has 2 aliphatic rings. The van der Waals surface area contributed by atoms with Gasteiger partial charge in [-0.2, -0.15) is 0 Å². The molecule has 3 rings (SSSR count).